The SMILES string of the molecule is CC(O)c1c(F)cccc1N1CCN(C2CC2)CC1. The normalized spacial score (nSPS) is 22.6. The van der Waals surface area contributed by atoms with E-state index in [-0.39, 0.29) is 5.82 Å². The van der Waals surface area contributed by atoms with Crippen LogP contribution in [0, 0.1) is 5.82 Å². The van der Waals surface area contributed by atoms with Crippen molar-refractivity contribution in [2.24, 2.45) is 0 Å². The van der Waals surface area contributed by atoms with Crippen LogP contribution in [0.4, 0.5) is 10.1 Å². The van der Waals surface area contributed by atoms with E-state index >= 15 is 0 Å². The standard InChI is InChI=1S/C15H21FN2O/c1-11(19)15-13(16)3-2-4-14(15)18-9-7-17(8-10-18)12-5-6-12/h2-4,11-12,19H,5-10H2,1H3. The maximum atomic E-state index is 13.9. The van der Waals surface area contributed by atoms with E-state index in [1.165, 1.54) is 18.9 Å². The number of hydrogen-bond donors (Lipinski definition) is 1. The fraction of sp³-hybridized carbons (Fsp3) is 0.600. The molecule has 2 aliphatic rings. The highest BCUT2D eigenvalue weighted by Crippen LogP contribution is 2.32. The molecule has 0 bridgehead atoms. The summed E-state index contributed by atoms with van der Waals surface area (Å²) in [6.45, 7) is 5.54. The number of hydrogen-bond acceptors (Lipinski definition) is 3. The summed E-state index contributed by atoms with van der Waals surface area (Å²) in [6, 6.07) is 5.86. The second kappa shape index (κ2) is 5.10. The predicted molar refractivity (Wildman–Crippen MR) is 73.8 cm³/mol. The van der Waals surface area contributed by atoms with E-state index in [1.807, 2.05) is 6.07 Å². The molecule has 19 heavy (non-hydrogen) atoms. The van der Waals surface area contributed by atoms with Crippen molar-refractivity contribution in [2.45, 2.75) is 31.9 Å². The molecule has 4 heteroatoms. The molecule has 1 heterocycles. The summed E-state index contributed by atoms with van der Waals surface area (Å²) in [5, 5.41) is 9.79. The second-order valence-electron chi connectivity index (χ2n) is 5.60. The second-order valence-corrected chi connectivity index (χ2v) is 5.60. The minimum atomic E-state index is -0.766. The van der Waals surface area contributed by atoms with E-state index in [1.54, 1.807) is 13.0 Å². The molecule has 3 nitrogen and oxygen atoms in total. The van der Waals surface area contributed by atoms with Crippen molar-refractivity contribution in [3.05, 3.63) is 29.6 Å². The van der Waals surface area contributed by atoms with Gasteiger partial charge in [-0.25, -0.2) is 4.39 Å². The fourth-order valence-corrected chi connectivity index (χ4v) is 2.98. The first-order valence-electron chi connectivity index (χ1n) is 7.12. The van der Waals surface area contributed by atoms with Crippen molar-refractivity contribution in [3.63, 3.8) is 0 Å². The van der Waals surface area contributed by atoms with E-state index < -0.39 is 6.10 Å². The third-order valence-electron chi connectivity index (χ3n) is 4.17. The molecule has 1 saturated heterocycles. The molecule has 104 valence electrons. The van der Waals surface area contributed by atoms with Crippen molar-refractivity contribution in [1.82, 2.24) is 4.90 Å². The number of benzene rings is 1. The van der Waals surface area contributed by atoms with E-state index in [2.05, 4.69) is 9.80 Å². The molecule has 0 aromatic heterocycles. The molecule has 3 rings (SSSR count). The molecule has 0 radical (unpaired) electrons. The lowest BCUT2D eigenvalue weighted by Crippen LogP contribution is -2.47. The van der Waals surface area contributed by atoms with E-state index in [0.29, 0.717) is 5.56 Å². The van der Waals surface area contributed by atoms with Gasteiger partial charge in [-0.15, -0.1) is 0 Å². The maximum Gasteiger partial charge on any atom is 0.131 e. The molecule has 1 aliphatic heterocycles. The van der Waals surface area contributed by atoms with Gasteiger partial charge in [-0.2, -0.15) is 0 Å². The van der Waals surface area contributed by atoms with Crippen molar-refractivity contribution in [2.75, 3.05) is 31.1 Å². The van der Waals surface area contributed by atoms with Crippen LogP contribution in [0.25, 0.3) is 0 Å². The molecule has 1 N–H and O–H groups in total. The Balaban J connectivity index is 1.77. The van der Waals surface area contributed by atoms with Gasteiger partial charge >= 0.3 is 0 Å². The summed E-state index contributed by atoms with van der Waals surface area (Å²) in [7, 11) is 0. The van der Waals surface area contributed by atoms with E-state index in [0.717, 1.165) is 37.9 Å². The zero-order chi connectivity index (χ0) is 13.4. The summed E-state index contributed by atoms with van der Waals surface area (Å²) in [6.07, 6.45) is 1.90. The Morgan fingerprint density at radius 3 is 2.47 bits per heavy atom. The number of halogens is 1. The summed E-state index contributed by atoms with van der Waals surface area (Å²) in [5.74, 6) is -0.308. The van der Waals surface area contributed by atoms with Crippen LogP contribution in [0.5, 0.6) is 0 Å². The number of rotatable bonds is 3. The Kier molecular flexibility index (Phi) is 3.46. The van der Waals surface area contributed by atoms with Crippen LogP contribution < -0.4 is 4.90 Å². The highest BCUT2D eigenvalue weighted by atomic mass is 19.1. The van der Waals surface area contributed by atoms with Crippen LogP contribution in [0.3, 0.4) is 0 Å². The van der Waals surface area contributed by atoms with Gasteiger partial charge in [0.1, 0.15) is 5.82 Å². The minimum Gasteiger partial charge on any atom is -0.389 e. The van der Waals surface area contributed by atoms with Gasteiger partial charge in [0.2, 0.25) is 0 Å². The monoisotopic (exact) mass is 264 g/mol. The van der Waals surface area contributed by atoms with Crippen LogP contribution in [0.15, 0.2) is 18.2 Å². The van der Waals surface area contributed by atoms with Crippen LogP contribution in [-0.4, -0.2) is 42.2 Å². The van der Waals surface area contributed by atoms with Crippen molar-refractivity contribution >= 4 is 5.69 Å². The van der Waals surface area contributed by atoms with Gasteiger partial charge in [0.15, 0.2) is 0 Å². The number of aliphatic hydroxyl groups excluding tert-OH is 1. The summed E-state index contributed by atoms with van der Waals surface area (Å²) in [5.41, 5.74) is 1.29. The number of piperazine rings is 1. The molecule has 0 amide bonds. The van der Waals surface area contributed by atoms with Crippen LogP contribution in [-0.2, 0) is 0 Å². The highest BCUT2D eigenvalue weighted by Gasteiger charge is 2.31. The number of nitrogens with zero attached hydrogens (tertiary/aromatic N) is 2. The Labute approximate surface area is 113 Å². The predicted octanol–water partition coefficient (Wildman–Crippen LogP) is 2.16. The Bertz CT molecular complexity index is 451. The Morgan fingerprint density at radius 2 is 1.89 bits per heavy atom. The first-order valence-corrected chi connectivity index (χ1v) is 7.12. The topological polar surface area (TPSA) is 26.7 Å². The average molecular weight is 264 g/mol. The van der Waals surface area contributed by atoms with Crippen LogP contribution in [0.1, 0.15) is 31.4 Å². The lowest BCUT2D eigenvalue weighted by molar-refractivity contribution is 0.193. The molecule has 1 aliphatic carbocycles. The van der Waals surface area contributed by atoms with Crippen molar-refractivity contribution in [3.8, 4) is 0 Å². The highest BCUT2D eigenvalue weighted by molar-refractivity contribution is 5.55. The lowest BCUT2D eigenvalue weighted by Gasteiger charge is -2.37. The third-order valence-corrected chi connectivity index (χ3v) is 4.17. The molecule has 1 saturated carbocycles. The molecule has 2 fully saturated rings. The fourth-order valence-electron chi connectivity index (χ4n) is 2.98. The average Bonchev–Trinajstić information content (AvgIpc) is 3.22. The van der Waals surface area contributed by atoms with Gasteiger partial charge in [0, 0.05) is 43.5 Å². The zero-order valence-corrected chi connectivity index (χ0v) is 11.3. The molecule has 1 atom stereocenters. The van der Waals surface area contributed by atoms with Gasteiger partial charge in [-0.05, 0) is 31.9 Å². The van der Waals surface area contributed by atoms with E-state index in [4.69, 9.17) is 0 Å². The Hall–Kier alpha value is -1.13. The van der Waals surface area contributed by atoms with Gasteiger partial charge in [0.05, 0.1) is 6.10 Å². The molecule has 1 aromatic carbocycles. The summed E-state index contributed by atoms with van der Waals surface area (Å²) >= 11 is 0. The first kappa shape index (κ1) is 12.9. The zero-order valence-electron chi connectivity index (χ0n) is 11.3. The molecule has 1 aromatic rings. The van der Waals surface area contributed by atoms with Crippen molar-refractivity contribution < 1.29 is 9.50 Å². The maximum absolute atomic E-state index is 13.9. The quantitative estimate of drug-likeness (QED) is 0.906. The minimum absolute atomic E-state index is 0.308. The third kappa shape index (κ3) is 2.60. The Morgan fingerprint density at radius 1 is 1.21 bits per heavy atom. The molecular weight excluding hydrogens is 243 g/mol. The van der Waals surface area contributed by atoms with Crippen LogP contribution >= 0.6 is 0 Å². The molecule has 1 unspecified atom stereocenters. The van der Waals surface area contributed by atoms with Gasteiger partial charge in [-0.1, -0.05) is 6.07 Å². The van der Waals surface area contributed by atoms with Gasteiger partial charge in [-0.3, -0.25) is 4.90 Å². The molecule has 0 spiro atoms. The van der Waals surface area contributed by atoms with Crippen LogP contribution in [0.2, 0.25) is 0 Å². The van der Waals surface area contributed by atoms with Gasteiger partial charge in [0.25, 0.3) is 0 Å². The first-order chi connectivity index (χ1) is 9.16. The largest absolute Gasteiger partial charge is 0.389 e. The number of anilines is 1. The smallest absolute Gasteiger partial charge is 0.131 e. The number of aliphatic hydroxyl groups is 1. The van der Waals surface area contributed by atoms with Gasteiger partial charge < -0.3 is 10.0 Å². The summed E-state index contributed by atoms with van der Waals surface area (Å²) in [4.78, 5) is 4.72. The molecular formula is C15H21FN2O. The lowest BCUT2D eigenvalue weighted by atomic mass is 10.1. The van der Waals surface area contributed by atoms with E-state index in [9.17, 15) is 9.50 Å². The van der Waals surface area contributed by atoms with Crippen molar-refractivity contribution in [1.29, 1.82) is 0 Å². The summed E-state index contributed by atoms with van der Waals surface area (Å²) < 4.78 is 13.9.